The molecule has 0 aromatic heterocycles. The van der Waals surface area contributed by atoms with Crippen LogP contribution in [0.25, 0.3) is 0 Å². The van der Waals surface area contributed by atoms with E-state index in [9.17, 15) is 20.2 Å². The van der Waals surface area contributed by atoms with Crippen LogP contribution in [0, 0.1) is 20.2 Å². The lowest BCUT2D eigenvalue weighted by molar-refractivity contribution is -0.385. The van der Waals surface area contributed by atoms with Crippen molar-refractivity contribution >= 4 is 29.0 Å². The first kappa shape index (κ1) is 15.8. The Balaban J connectivity index is 1.88. The van der Waals surface area contributed by atoms with E-state index in [4.69, 9.17) is 0 Å². The third kappa shape index (κ3) is 4.74. The first-order chi connectivity index (χ1) is 11.1. The average molecular weight is 312 g/mol. The van der Waals surface area contributed by atoms with Crippen molar-refractivity contribution in [3.63, 3.8) is 0 Å². The quantitative estimate of drug-likeness (QED) is 0.495. The molecule has 0 spiro atoms. The lowest BCUT2D eigenvalue weighted by Crippen LogP contribution is -1.90. The molecule has 2 aromatic carbocycles. The Bertz CT molecular complexity index is 752. The van der Waals surface area contributed by atoms with E-state index in [1.807, 2.05) is 0 Å². The van der Waals surface area contributed by atoms with Crippen LogP contribution < -0.4 is 5.32 Å². The summed E-state index contributed by atoms with van der Waals surface area (Å²) in [5, 5.41) is 24.0. The highest BCUT2D eigenvalue weighted by atomic mass is 16.6. The lowest BCUT2D eigenvalue weighted by atomic mass is 10.3. The Morgan fingerprint density at radius 1 is 0.870 bits per heavy atom. The maximum Gasteiger partial charge on any atom is 0.269 e. The minimum atomic E-state index is -0.471. The molecule has 116 valence electrons. The Labute approximate surface area is 131 Å². The average Bonchev–Trinajstić information content (AvgIpc) is 2.55. The molecule has 0 aliphatic rings. The largest absolute Gasteiger partial charge is 0.362 e. The second-order valence-electron chi connectivity index (χ2n) is 4.36. The van der Waals surface area contributed by atoms with Gasteiger partial charge in [0, 0.05) is 42.4 Å². The Kier molecular flexibility index (Phi) is 5.13. The number of non-ortho nitro benzene ring substituents is 2. The van der Waals surface area contributed by atoms with Gasteiger partial charge in [-0.15, -0.1) is 0 Å². The molecule has 23 heavy (non-hydrogen) atoms. The second kappa shape index (κ2) is 7.46. The van der Waals surface area contributed by atoms with Gasteiger partial charge in [-0.25, -0.2) is 0 Å². The predicted octanol–water partition coefficient (Wildman–Crippen LogP) is 3.83. The van der Waals surface area contributed by atoms with Crippen molar-refractivity contribution in [1.82, 2.24) is 0 Å². The van der Waals surface area contributed by atoms with Crippen molar-refractivity contribution in [1.29, 1.82) is 0 Å². The van der Waals surface area contributed by atoms with Crippen molar-refractivity contribution in [2.45, 2.75) is 0 Å². The van der Waals surface area contributed by atoms with Gasteiger partial charge in [-0.05, 0) is 30.3 Å². The van der Waals surface area contributed by atoms with E-state index in [0.29, 0.717) is 11.4 Å². The molecule has 2 rings (SSSR count). The molecular formula is C15H12N4O4. The highest BCUT2D eigenvalue weighted by Crippen LogP contribution is 2.17. The number of anilines is 1. The van der Waals surface area contributed by atoms with Gasteiger partial charge in [0.2, 0.25) is 0 Å². The topological polar surface area (TPSA) is 111 Å². The maximum absolute atomic E-state index is 10.5. The van der Waals surface area contributed by atoms with Gasteiger partial charge in [0.05, 0.1) is 15.5 Å². The summed E-state index contributed by atoms with van der Waals surface area (Å²) in [6.45, 7) is 0. The monoisotopic (exact) mass is 312 g/mol. The fourth-order valence-corrected chi connectivity index (χ4v) is 1.66. The summed E-state index contributed by atoms with van der Waals surface area (Å²) in [5.41, 5.74) is 1.34. The summed E-state index contributed by atoms with van der Waals surface area (Å²) < 4.78 is 0. The van der Waals surface area contributed by atoms with Gasteiger partial charge in [0.25, 0.3) is 11.4 Å². The van der Waals surface area contributed by atoms with E-state index in [2.05, 4.69) is 10.3 Å². The molecule has 0 aliphatic heterocycles. The van der Waals surface area contributed by atoms with Crippen molar-refractivity contribution in [3.05, 3.63) is 81.0 Å². The smallest absolute Gasteiger partial charge is 0.269 e. The van der Waals surface area contributed by atoms with Crippen LogP contribution >= 0.6 is 0 Å². The highest BCUT2D eigenvalue weighted by Gasteiger charge is 2.03. The molecule has 0 fully saturated rings. The number of rotatable bonds is 6. The minimum Gasteiger partial charge on any atom is -0.362 e. The zero-order valence-electron chi connectivity index (χ0n) is 11.8. The van der Waals surface area contributed by atoms with Crippen LogP contribution in [0.2, 0.25) is 0 Å². The molecule has 0 heterocycles. The van der Waals surface area contributed by atoms with Crippen LogP contribution in [0.4, 0.5) is 22.7 Å². The number of hydrogen-bond donors (Lipinski definition) is 1. The summed E-state index contributed by atoms with van der Waals surface area (Å²) in [6.07, 6.45) is 4.79. The van der Waals surface area contributed by atoms with Crippen molar-refractivity contribution in [2.24, 2.45) is 4.99 Å². The Morgan fingerprint density at radius 3 is 1.91 bits per heavy atom. The fourth-order valence-electron chi connectivity index (χ4n) is 1.66. The zero-order valence-corrected chi connectivity index (χ0v) is 11.8. The van der Waals surface area contributed by atoms with Crippen LogP contribution in [-0.2, 0) is 0 Å². The third-order valence-corrected chi connectivity index (χ3v) is 2.79. The Hall–Kier alpha value is -3.55. The summed E-state index contributed by atoms with van der Waals surface area (Å²) in [7, 11) is 0. The van der Waals surface area contributed by atoms with Crippen LogP contribution in [-0.4, -0.2) is 16.1 Å². The number of benzene rings is 2. The van der Waals surface area contributed by atoms with Crippen LogP contribution in [0.15, 0.2) is 65.8 Å². The molecule has 0 bridgehead atoms. The van der Waals surface area contributed by atoms with Gasteiger partial charge >= 0.3 is 0 Å². The molecule has 2 aromatic rings. The zero-order chi connectivity index (χ0) is 16.7. The number of hydrogen-bond acceptors (Lipinski definition) is 6. The van der Waals surface area contributed by atoms with Crippen LogP contribution in [0.5, 0.6) is 0 Å². The third-order valence-electron chi connectivity index (χ3n) is 2.79. The lowest BCUT2D eigenvalue weighted by Gasteiger charge is -1.98. The van der Waals surface area contributed by atoms with E-state index >= 15 is 0 Å². The molecule has 0 atom stereocenters. The molecular weight excluding hydrogens is 300 g/mol. The van der Waals surface area contributed by atoms with E-state index < -0.39 is 9.85 Å². The van der Waals surface area contributed by atoms with E-state index in [1.54, 1.807) is 36.5 Å². The number of nitro benzene ring substituents is 2. The Morgan fingerprint density at radius 2 is 1.39 bits per heavy atom. The number of allylic oxidation sites excluding steroid dienone is 1. The number of nitrogens with zero attached hydrogens (tertiary/aromatic N) is 3. The fraction of sp³-hybridized carbons (Fsp3) is 0. The summed E-state index contributed by atoms with van der Waals surface area (Å²) in [6, 6.07) is 11.9. The van der Waals surface area contributed by atoms with Crippen molar-refractivity contribution in [2.75, 3.05) is 5.32 Å². The van der Waals surface area contributed by atoms with Gasteiger partial charge in [-0.3, -0.25) is 25.2 Å². The number of nitro groups is 2. The molecule has 0 aliphatic carbocycles. The number of aliphatic imine (C=N–C) groups is 1. The van der Waals surface area contributed by atoms with Crippen molar-refractivity contribution in [3.8, 4) is 0 Å². The normalized spacial score (nSPS) is 11.0. The van der Waals surface area contributed by atoms with E-state index in [-0.39, 0.29) is 11.4 Å². The standard InChI is InChI=1S/C15H12N4O4/c20-18(21)14-6-2-12(3-7-14)16-10-1-11-17-13-4-8-15(9-5-13)19(22)23/h1-11,16H. The molecule has 1 N–H and O–H groups in total. The van der Waals surface area contributed by atoms with Crippen molar-refractivity contribution < 1.29 is 9.85 Å². The molecule has 0 unspecified atom stereocenters. The van der Waals surface area contributed by atoms with E-state index in [0.717, 1.165) is 0 Å². The second-order valence-corrected chi connectivity index (χ2v) is 4.36. The number of nitrogens with one attached hydrogen (secondary N) is 1. The summed E-state index contributed by atoms with van der Waals surface area (Å²) in [4.78, 5) is 24.2. The molecule has 0 radical (unpaired) electrons. The predicted molar refractivity (Wildman–Crippen MR) is 87.1 cm³/mol. The first-order valence-electron chi connectivity index (χ1n) is 6.51. The molecule has 8 heteroatoms. The highest BCUT2D eigenvalue weighted by molar-refractivity contribution is 5.75. The molecule has 0 amide bonds. The summed E-state index contributed by atoms with van der Waals surface area (Å²) in [5.74, 6) is 0. The van der Waals surface area contributed by atoms with Gasteiger partial charge in [-0.1, -0.05) is 0 Å². The van der Waals surface area contributed by atoms with Crippen LogP contribution in [0.1, 0.15) is 0 Å². The molecule has 0 saturated carbocycles. The van der Waals surface area contributed by atoms with Gasteiger partial charge in [-0.2, -0.15) is 0 Å². The summed E-state index contributed by atoms with van der Waals surface area (Å²) >= 11 is 0. The van der Waals surface area contributed by atoms with Gasteiger partial charge < -0.3 is 5.32 Å². The van der Waals surface area contributed by atoms with Gasteiger partial charge in [0.15, 0.2) is 0 Å². The molecule has 8 nitrogen and oxygen atoms in total. The first-order valence-corrected chi connectivity index (χ1v) is 6.51. The van der Waals surface area contributed by atoms with E-state index in [1.165, 1.54) is 30.5 Å². The minimum absolute atomic E-state index is 0.0133. The maximum atomic E-state index is 10.5. The SMILES string of the molecule is O=[N+]([O-])c1ccc(N=CC=CNc2ccc([N+](=O)[O-])cc2)cc1. The van der Waals surface area contributed by atoms with Gasteiger partial charge in [0.1, 0.15) is 0 Å². The molecule has 0 saturated heterocycles. The van der Waals surface area contributed by atoms with Crippen LogP contribution in [0.3, 0.4) is 0 Å².